The lowest BCUT2D eigenvalue weighted by atomic mass is 9.90. The highest BCUT2D eigenvalue weighted by atomic mass is 32.1. The zero-order chi connectivity index (χ0) is 24.9. The first-order valence-corrected chi connectivity index (χ1v) is 13.2. The maximum absolute atomic E-state index is 13.4. The molecule has 0 bridgehead atoms. The average molecular weight is 510 g/mol. The van der Waals surface area contributed by atoms with Gasteiger partial charge in [-0.1, -0.05) is 30.3 Å². The molecular formula is C29H23N3O4S. The average Bonchev–Trinajstić information content (AvgIpc) is 3.63. The largest absolute Gasteiger partial charge is 0.454 e. The van der Waals surface area contributed by atoms with Gasteiger partial charge in [0.1, 0.15) is 0 Å². The van der Waals surface area contributed by atoms with Gasteiger partial charge in [-0.25, -0.2) is 4.98 Å². The van der Waals surface area contributed by atoms with Crippen LogP contribution in [-0.4, -0.2) is 23.6 Å². The highest BCUT2D eigenvalue weighted by Crippen LogP contribution is 2.40. The minimum atomic E-state index is -0.346. The minimum absolute atomic E-state index is 0.0599. The van der Waals surface area contributed by atoms with E-state index in [9.17, 15) is 9.59 Å². The van der Waals surface area contributed by atoms with Crippen molar-refractivity contribution in [1.29, 1.82) is 0 Å². The summed E-state index contributed by atoms with van der Waals surface area (Å²) in [6.45, 7) is 0.155. The number of carbonyl (C=O) groups is 2. The predicted molar refractivity (Wildman–Crippen MR) is 142 cm³/mol. The van der Waals surface area contributed by atoms with Gasteiger partial charge >= 0.3 is 0 Å². The molecule has 2 heterocycles. The summed E-state index contributed by atoms with van der Waals surface area (Å²) in [6.07, 6.45) is 3.37. The van der Waals surface area contributed by atoms with Crippen LogP contribution < -0.4 is 20.1 Å². The summed E-state index contributed by atoms with van der Waals surface area (Å²) >= 11 is 1.44. The summed E-state index contributed by atoms with van der Waals surface area (Å²) in [7, 11) is 0. The standard InChI is InChI=1S/C29H23N3O4S/c33-27(17-8-11-23-24(14-17)36-15-35-23)32-29-31-26-22(6-3-7-25(26)37-29)28(34)30-19-9-10-21-18(13-19)12-16-4-1-2-5-20(16)21/h1-2,4-5,8-11,13-14,22H,3,6-7,12,15H2,(H,30,34)(H,31,32,33). The molecule has 2 amide bonds. The predicted octanol–water partition coefficient (Wildman–Crippen LogP) is 5.75. The second-order valence-electron chi connectivity index (χ2n) is 9.49. The molecular weight excluding hydrogens is 486 g/mol. The molecule has 4 aromatic rings. The molecule has 7 rings (SSSR count). The van der Waals surface area contributed by atoms with Crippen LogP contribution in [0.25, 0.3) is 11.1 Å². The van der Waals surface area contributed by atoms with Crippen LogP contribution in [0, 0.1) is 0 Å². The van der Waals surface area contributed by atoms with Gasteiger partial charge in [0, 0.05) is 16.1 Å². The third-order valence-electron chi connectivity index (χ3n) is 7.19. The number of anilines is 2. The van der Waals surface area contributed by atoms with Gasteiger partial charge in [-0.15, -0.1) is 11.3 Å². The van der Waals surface area contributed by atoms with E-state index in [4.69, 9.17) is 9.47 Å². The third-order valence-corrected chi connectivity index (χ3v) is 8.23. The second-order valence-corrected chi connectivity index (χ2v) is 10.6. The molecule has 2 N–H and O–H groups in total. The van der Waals surface area contributed by atoms with E-state index >= 15 is 0 Å². The van der Waals surface area contributed by atoms with Crippen molar-refractivity contribution in [3.8, 4) is 22.6 Å². The topological polar surface area (TPSA) is 89.6 Å². The number of carbonyl (C=O) groups excluding carboxylic acids is 2. The van der Waals surface area contributed by atoms with Crippen molar-refractivity contribution in [3.05, 3.63) is 87.9 Å². The Kier molecular flexibility index (Phi) is 5.21. The molecule has 37 heavy (non-hydrogen) atoms. The SMILES string of the molecule is O=C(Nc1nc2c(s1)CCCC2C(=O)Nc1ccc2c(c1)Cc1ccccc1-2)c1ccc2c(c1)OCO2. The Morgan fingerprint density at radius 1 is 0.919 bits per heavy atom. The third kappa shape index (κ3) is 3.94. The van der Waals surface area contributed by atoms with Crippen LogP contribution in [0.2, 0.25) is 0 Å². The number of nitrogens with one attached hydrogen (secondary N) is 2. The molecule has 0 saturated carbocycles. The molecule has 1 unspecified atom stereocenters. The fourth-order valence-corrected chi connectivity index (χ4v) is 6.45. The van der Waals surface area contributed by atoms with E-state index in [1.54, 1.807) is 18.2 Å². The highest BCUT2D eigenvalue weighted by Gasteiger charge is 2.31. The summed E-state index contributed by atoms with van der Waals surface area (Å²) in [5, 5.41) is 6.52. The normalized spacial score (nSPS) is 16.5. The molecule has 1 atom stereocenters. The maximum atomic E-state index is 13.4. The molecule has 3 aromatic carbocycles. The van der Waals surface area contributed by atoms with Gasteiger partial charge in [0.2, 0.25) is 12.7 Å². The number of hydrogen-bond donors (Lipinski definition) is 2. The van der Waals surface area contributed by atoms with Gasteiger partial charge in [0.25, 0.3) is 5.91 Å². The Balaban J connectivity index is 1.07. The quantitative estimate of drug-likeness (QED) is 0.322. The van der Waals surface area contributed by atoms with Crippen LogP contribution in [0.4, 0.5) is 10.8 Å². The zero-order valence-corrected chi connectivity index (χ0v) is 20.7. The van der Waals surface area contributed by atoms with E-state index in [0.717, 1.165) is 41.9 Å². The van der Waals surface area contributed by atoms with Gasteiger partial charge < -0.3 is 14.8 Å². The maximum Gasteiger partial charge on any atom is 0.257 e. The summed E-state index contributed by atoms with van der Waals surface area (Å²) in [6, 6.07) is 19.7. The molecule has 0 spiro atoms. The fraction of sp³-hybridized carbons (Fsp3) is 0.207. The molecule has 8 heteroatoms. The lowest BCUT2D eigenvalue weighted by molar-refractivity contribution is -0.117. The van der Waals surface area contributed by atoms with E-state index in [2.05, 4.69) is 52.0 Å². The molecule has 7 nitrogen and oxygen atoms in total. The lowest BCUT2D eigenvalue weighted by Gasteiger charge is -2.20. The van der Waals surface area contributed by atoms with Gasteiger partial charge in [-0.3, -0.25) is 14.9 Å². The summed E-state index contributed by atoms with van der Waals surface area (Å²) in [5.74, 6) is 0.503. The minimum Gasteiger partial charge on any atom is -0.454 e. The molecule has 0 fully saturated rings. The molecule has 1 aliphatic heterocycles. The summed E-state index contributed by atoms with van der Waals surface area (Å²) in [5.41, 5.74) is 7.08. The number of ether oxygens (including phenoxy) is 2. The molecule has 2 aliphatic carbocycles. The van der Waals surface area contributed by atoms with Crippen molar-refractivity contribution >= 4 is 34.0 Å². The summed E-state index contributed by atoms with van der Waals surface area (Å²) in [4.78, 5) is 31.9. The zero-order valence-electron chi connectivity index (χ0n) is 19.9. The monoisotopic (exact) mass is 509 g/mol. The van der Waals surface area contributed by atoms with E-state index in [1.807, 2.05) is 6.07 Å². The molecule has 3 aliphatic rings. The number of aromatic nitrogens is 1. The molecule has 0 radical (unpaired) electrons. The van der Waals surface area contributed by atoms with Gasteiger partial charge in [0.05, 0.1) is 11.6 Å². The lowest BCUT2D eigenvalue weighted by Crippen LogP contribution is -2.24. The molecule has 1 aromatic heterocycles. The number of thiazole rings is 1. The first kappa shape index (κ1) is 22.1. The number of benzene rings is 3. The van der Waals surface area contributed by atoms with Crippen LogP contribution in [-0.2, 0) is 17.6 Å². The summed E-state index contributed by atoms with van der Waals surface area (Å²) < 4.78 is 10.7. The van der Waals surface area contributed by atoms with E-state index < -0.39 is 0 Å². The number of rotatable bonds is 4. The first-order chi connectivity index (χ1) is 18.1. The van der Waals surface area contributed by atoms with Crippen LogP contribution >= 0.6 is 11.3 Å². The van der Waals surface area contributed by atoms with Crippen molar-refractivity contribution in [2.45, 2.75) is 31.6 Å². The smallest absolute Gasteiger partial charge is 0.257 e. The van der Waals surface area contributed by atoms with Crippen LogP contribution in [0.15, 0.2) is 60.7 Å². The fourth-order valence-electron chi connectivity index (χ4n) is 5.39. The molecule has 184 valence electrons. The van der Waals surface area contributed by atoms with E-state index in [-0.39, 0.29) is 24.5 Å². The van der Waals surface area contributed by atoms with Gasteiger partial charge in [-0.2, -0.15) is 0 Å². The Bertz CT molecular complexity index is 1580. The Morgan fingerprint density at radius 2 is 1.78 bits per heavy atom. The van der Waals surface area contributed by atoms with Gasteiger partial charge in [-0.05, 0) is 78.3 Å². The van der Waals surface area contributed by atoms with Crippen LogP contribution in [0.3, 0.4) is 0 Å². The van der Waals surface area contributed by atoms with Crippen molar-refractivity contribution in [2.24, 2.45) is 0 Å². The van der Waals surface area contributed by atoms with Crippen LogP contribution in [0.1, 0.15) is 50.8 Å². The molecule has 0 saturated heterocycles. The Hall–Kier alpha value is -4.17. The number of fused-ring (bicyclic) bond motifs is 5. The van der Waals surface area contributed by atoms with Crippen LogP contribution in [0.5, 0.6) is 11.5 Å². The number of hydrogen-bond acceptors (Lipinski definition) is 6. The number of nitrogens with zero attached hydrogens (tertiary/aromatic N) is 1. The van der Waals surface area contributed by atoms with Crippen molar-refractivity contribution in [1.82, 2.24) is 4.98 Å². The van der Waals surface area contributed by atoms with Crippen molar-refractivity contribution in [3.63, 3.8) is 0 Å². The second kappa shape index (κ2) is 8.74. The number of aryl methyl sites for hydroxylation is 1. The Morgan fingerprint density at radius 3 is 2.73 bits per heavy atom. The highest BCUT2D eigenvalue weighted by molar-refractivity contribution is 7.16. The van der Waals surface area contributed by atoms with Crippen molar-refractivity contribution < 1.29 is 19.1 Å². The van der Waals surface area contributed by atoms with Crippen molar-refractivity contribution in [2.75, 3.05) is 17.4 Å². The first-order valence-electron chi connectivity index (χ1n) is 12.3. The number of amides is 2. The van der Waals surface area contributed by atoms with E-state index in [0.29, 0.717) is 22.2 Å². The van der Waals surface area contributed by atoms with Gasteiger partial charge in [0.15, 0.2) is 16.6 Å². The Labute approximate surface area is 217 Å². The van der Waals surface area contributed by atoms with E-state index in [1.165, 1.54) is 33.6 Å².